The number of carbonyl (C=O) groups is 1. The van der Waals surface area contributed by atoms with E-state index in [0.717, 1.165) is 0 Å². The number of sulfone groups is 1. The van der Waals surface area contributed by atoms with E-state index in [0.29, 0.717) is 21.5 Å². The van der Waals surface area contributed by atoms with Gasteiger partial charge in [-0.1, -0.05) is 15.9 Å². The topological polar surface area (TPSA) is 105 Å². The van der Waals surface area contributed by atoms with Gasteiger partial charge in [0.25, 0.3) is 5.91 Å². The second-order valence-electron chi connectivity index (χ2n) is 5.20. The zero-order chi connectivity index (χ0) is 18.6. The Morgan fingerprint density at radius 2 is 1.88 bits per heavy atom. The Balaban J connectivity index is 2.29. The minimum Gasteiger partial charge on any atom is -0.497 e. The van der Waals surface area contributed by atoms with Crippen molar-refractivity contribution in [1.29, 1.82) is 0 Å². The molecule has 0 bridgehead atoms. The molecule has 0 spiro atoms. The van der Waals surface area contributed by atoms with E-state index in [4.69, 9.17) is 9.94 Å². The number of hydrogen-bond donors (Lipinski definition) is 3. The molecule has 0 aliphatic carbocycles. The molecular formula is C16H17BrN2O5S. The van der Waals surface area contributed by atoms with Crippen molar-refractivity contribution in [2.24, 2.45) is 0 Å². The molecule has 9 heteroatoms. The van der Waals surface area contributed by atoms with Crippen molar-refractivity contribution >= 4 is 37.4 Å². The van der Waals surface area contributed by atoms with Crippen LogP contribution in [-0.4, -0.2) is 32.5 Å². The maximum Gasteiger partial charge on any atom is 0.276 e. The van der Waals surface area contributed by atoms with Crippen LogP contribution >= 0.6 is 15.9 Å². The number of amides is 1. The van der Waals surface area contributed by atoms with Crippen LogP contribution in [-0.2, 0) is 9.84 Å². The largest absolute Gasteiger partial charge is 0.497 e. The number of methoxy groups -OCH3 is 1. The quantitative estimate of drug-likeness (QED) is 0.482. The van der Waals surface area contributed by atoms with Gasteiger partial charge < -0.3 is 10.1 Å². The molecule has 0 radical (unpaired) electrons. The van der Waals surface area contributed by atoms with Crippen LogP contribution in [0.25, 0.3) is 0 Å². The highest BCUT2D eigenvalue weighted by Gasteiger charge is 2.19. The number of hydroxylamine groups is 1. The summed E-state index contributed by atoms with van der Waals surface area (Å²) in [6, 6.07) is 9.24. The van der Waals surface area contributed by atoms with Crippen molar-refractivity contribution in [1.82, 2.24) is 5.48 Å². The van der Waals surface area contributed by atoms with E-state index in [1.807, 2.05) is 0 Å². The number of carbonyl (C=O) groups excluding carboxylic acids is 1. The first-order chi connectivity index (χ1) is 11.8. The van der Waals surface area contributed by atoms with Gasteiger partial charge in [0.05, 0.1) is 23.3 Å². The van der Waals surface area contributed by atoms with Crippen molar-refractivity contribution in [3.8, 4) is 5.75 Å². The summed E-state index contributed by atoms with van der Waals surface area (Å²) in [5, 5.41) is 11.7. The van der Waals surface area contributed by atoms with Crippen LogP contribution in [0.4, 0.5) is 5.69 Å². The highest BCUT2D eigenvalue weighted by atomic mass is 79.9. The van der Waals surface area contributed by atoms with Gasteiger partial charge in [0, 0.05) is 4.47 Å². The minimum atomic E-state index is -3.63. The Morgan fingerprint density at radius 3 is 2.44 bits per heavy atom. The second-order valence-corrected chi connectivity index (χ2v) is 8.10. The fraction of sp³-hybridized carbons (Fsp3) is 0.188. The predicted octanol–water partition coefficient (Wildman–Crippen LogP) is 2.73. The molecule has 0 heterocycles. The summed E-state index contributed by atoms with van der Waals surface area (Å²) in [5.74, 6) is -0.598. The average Bonchev–Trinajstić information content (AvgIpc) is 2.59. The molecule has 2 rings (SSSR count). The molecule has 3 N–H and O–H groups in total. The van der Waals surface area contributed by atoms with Gasteiger partial charge in [0.2, 0.25) is 0 Å². The molecule has 2 aromatic carbocycles. The van der Waals surface area contributed by atoms with Gasteiger partial charge in [0.1, 0.15) is 11.6 Å². The van der Waals surface area contributed by atoms with E-state index >= 15 is 0 Å². The van der Waals surface area contributed by atoms with Crippen molar-refractivity contribution in [2.75, 3.05) is 18.3 Å². The molecule has 0 saturated carbocycles. The Kier molecular flexibility index (Phi) is 6.04. The summed E-state index contributed by atoms with van der Waals surface area (Å²) in [6.45, 7) is 1.72. The third kappa shape index (κ3) is 4.50. The van der Waals surface area contributed by atoms with Gasteiger partial charge in [-0.15, -0.1) is 0 Å². The van der Waals surface area contributed by atoms with Crippen LogP contribution in [0.1, 0.15) is 15.9 Å². The fourth-order valence-electron chi connectivity index (χ4n) is 2.25. The molecule has 7 nitrogen and oxygen atoms in total. The van der Waals surface area contributed by atoms with E-state index in [9.17, 15) is 13.2 Å². The summed E-state index contributed by atoms with van der Waals surface area (Å²) in [5.41, 5.74) is 2.66. The maximum atomic E-state index is 12.5. The number of hydrogen-bond acceptors (Lipinski definition) is 6. The van der Waals surface area contributed by atoms with Crippen LogP contribution < -0.4 is 15.5 Å². The standard InChI is InChI=1S/C16H17BrN2O5S/c1-10-7-11(17)8-14(16(20)19-21)15(10)18-9-25(22,23)13-5-3-12(24-2)4-6-13/h3-8,18,21H,9H2,1-2H3,(H,19,20). The Hall–Kier alpha value is -2.10. The van der Waals surface area contributed by atoms with E-state index in [2.05, 4.69) is 21.2 Å². The Morgan fingerprint density at radius 1 is 1.24 bits per heavy atom. The zero-order valence-electron chi connectivity index (χ0n) is 13.5. The summed E-state index contributed by atoms with van der Waals surface area (Å²) in [7, 11) is -2.14. The van der Waals surface area contributed by atoms with Gasteiger partial charge in [-0.05, 0) is 48.9 Å². The lowest BCUT2D eigenvalue weighted by Crippen LogP contribution is -2.23. The normalized spacial score (nSPS) is 11.0. The van der Waals surface area contributed by atoms with Crippen LogP contribution in [0.15, 0.2) is 45.8 Å². The first kappa shape index (κ1) is 19.2. The summed E-state index contributed by atoms with van der Waals surface area (Å²) < 4.78 is 30.6. The number of nitrogens with one attached hydrogen (secondary N) is 2. The number of anilines is 1. The highest BCUT2D eigenvalue weighted by Crippen LogP contribution is 2.27. The van der Waals surface area contributed by atoms with E-state index in [1.165, 1.54) is 25.3 Å². The molecule has 134 valence electrons. The van der Waals surface area contributed by atoms with Crippen LogP contribution in [0.3, 0.4) is 0 Å². The lowest BCUT2D eigenvalue weighted by molar-refractivity contribution is 0.0707. The number of ether oxygens (including phenoxy) is 1. The van der Waals surface area contributed by atoms with Gasteiger partial charge in [-0.2, -0.15) is 0 Å². The lowest BCUT2D eigenvalue weighted by Gasteiger charge is -2.15. The molecule has 25 heavy (non-hydrogen) atoms. The second kappa shape index (κ2) is 7.85. The monoisotopic (exact) mass is 428 g/mol. The molecular weight excluding hydrogens is 412 g/mol. The molecule has 0 aliphatic rings. The molecule has 0 fully saturated rings. The summed E-state index contributed by atoms with van der Waals surface area (Å²) >= 11 is 3.27. The molecule has 0 atom stereocenters. The number of rotatable bonds is 6. The zero-order valence-corrected chi connectivity index (χ0v) is 15.9. The molecule has 1 amide bonds. The molecule has 0 unspecified atom stereocenters. The molecule has 0 saturated heterocycles. The van der Waals surface area contributed by atoms with E-state index in [-0.39, 0.29) is 10.5 Å². The molecule has 0 aliphatic heterocycles. The highest BCUT2D eigenvalue weighted by molar-refractivity contribution is 9.10. The Bertz CT molecular complexity index is 882. The molecule has 2 aromatic rings. The van der Waals surface area contributed by atoms with Gasteiger partial charge in [-0.25, -0.2) is 13.9 Å². The Labute approximate surface area is 154 Å². The lowest BCUT2D eigenvalue weighted by atomic mass is 10.1. The van der Waals surface area contributed by atoms with Gasteiger partial charge in [-0.3, -0.25) is 10.0 Å². The maximum absolute atomic E-state index is 12.5. The summed E-state index contributed by atoms with van der Waals surface area (Å²) in [4.78, 5) is 11.9. The van der Waals surface area contributed by atoms with Gasteiger partial charge >= 0.3 is 0 Å². The third-order valence-electron chi connectivity index (χ3n) is 3.50. The smallest absolute Gasteiger partial charge is 0.276 e. The number of aryl methyl sites for hydroxylation is 1. The van der Waals surface area contributed by atoms with E-state index in [1.54, 1.807) is 30.6 Å². The third-order valence-corrected chi connectivity index (χ3v) is 5.48. The predicted molar refractivity (Wildman–Crippen MR) is 96.8 cm³/mol. The van der Waals surface area contributed by atoms with E-state index < -0.39 is 21.6 Å². The number of benzene rings is 2. The first-order valence-corrected chi connectivity index (χ1v) is 9.58. The van der Waals surface area contributed by atoms with Crippen LogP contribution in [0, 0.1) is 6.92 Å². The summed E-state index contributed by atoms with van der Waals surface area (Å²) in [6.07, 6.45) is 0. The van der Waals surface area contributed by atoms with Crippen molar-refractivity contribution in [3.05, 3.63) is 52.0 Å². The van der Waals surface area contributed by atoms with Crippen molar-refractivity contribution < 1.29 is 23.2 Å². The minimum absolute atomic E-state index is 0.124. The molecule has 0 aromatic heterocycles. The first-order valence-electron chi connectivity index (χ1n) is 7.13. The SMILES string of the molecule is COc1ccc(S(=O)(=O)CNc2c(C)cc(Br)cc2C(=O)NO)cc1. The average molecular weight is 429 g/mol. The fourth-order valence-corrected chi connectivity index (χ4v) is 3.87. The van der Waals surface area contributed by atoms with Crippen molar-refractivity contribution in [3.63, 3.8) is 0 Å². The number of halogens is 1. The van der Waals surface area contributed by atoms with Crippen LogP contribution in [0.2, 0.25) is 0 Å². The van der Waals surface area contributed by atoms with Crippen molar-refractivity contribution in [2.45, 2.75) is 11.8 Å². The van der Waals surface area contributed by atoms with Crippen LogP contribution in [0.5, 0.6) is 5.75 Å². The van der Waals surface area contributed by atoms with Gasteiger partial charge in [0.15, 0.2) is 9.84 Å².